The monoisotopic (exact) mass is 208 g/mol. The quantitative estimate of drug-likeness (QED) is 0.787. The summed E-state index contributed by atoms with van der Waals surface area (Å²) in [5.41, 5.74) is 1.91. The lowest BCUT2D eigenvalue weighted by atomic mass is 10.1. The number of hydrogen-bond acceptors (Lipinski definition) is 2. The number of carbonyl (C=O) groups excluding carboxylic acids is 1. The van der Waals surface area contributed by atoms with Gasteiger partial charge in [-0.2, -0.15) is 5.10 Å². The van der Waals surface area contributed by atoms with Gasteiger partial charge < -0.3 is 4.79 Å². The predicted octanol–water partition coefficient (Wildman–Crippen LogP) is 2.35. The van der Waals surface area contributed by atoms with Gasteiger partial charge in [0, 0.05) is 11.8 Å². The molecule has 0 saturated carbocycles. The first-order valence-corrected chi connectivity index (χ1v) is 4.76. The van der Waals surface area contributed by atoms with E-state index in [0.29, 0.717) is 18.0 Å². The second-order valence-electron chi connectivity index (χ2n) is 3.05. The molecule has 0 amide bonds. The summed E-state index contributed by atoms with van der Waals surface area (Å²) in [5, 5.41) is 8.23. The molecular formula is C10H9ClN2O. The van der Waals surface area contributed by atoms with Crippen molar-refractivity contribution in [3.05, 3.63) is 28.9 Å². The van der Waals surface area contributed by atoms with E-state index in [1.165, 1.54) is 0 Å². The summed E-state index contributed by atoms with van der Waals surface area (Å²) in [6.07, 6.45) is 2.13. The maximum Gasteiger partial charge on any atom is 0.132 e. The lowest BCUT2D eigenvalue weighted by Gasteiger charge is -1.99. The molecule has 0 unspecified atom stereocenters. The number of aromatic amines is 1. The molecule has 1 aromatic carbocycles. The lowest BCUT2D eigenvalue weighted by molar-refractivity contribution is -0.107. The molecule has 1 heterocycles. The highest BCUT2D eigenvalue weighted by atomic mass is 35.5. The Morgan fingerprint density at radius 2 is 2.36 bits per heavy atom. The molecular weight excluding hydrogens is 200 g/mol. The van der Waals surface area contributed by atoms with Crippen LogP contribution in [0.2, 0.25) is 5.15 Å². The number of H-pyrrole nitrogens is 1. The molecule has 2 rings (SSSR count). The van der Waals surface area contributed by atoms with Crippen LogP contribution in [-0.2, 0) is 11.2 Å². The number of nitrogens with zero attached hydrogens (tertiary/aromatic N) is 1. The zero-order chi connectivity index (χ0) is 9.97. The van der Waals surface area contributed by atoms with Gasteiger partial charge >= 0.3 is 0 Å². The topological polar surface area (TPSA) is 45.8 Å². The van der Waals surface area contributed by atoms with Crippen molar-refractivity contribution in [1.82, 2.24) is 10.2 Å². The Hall–Kier alpha value is -1.35. The summed E-state index contributed by atoms with van der Waals surface area (Å²) in [5.74, 6) is 0. The number of rotatable bonds is 3. The van der Waals surface area contributed by atoms with Gasteiger partial charge in [-0.3, -0.25) is 5.10 Å². The summed E-state index contributed by atoms with van der Waals surface area (Å²) < 4.78 is 0. The van der Waals surface area contributed by atoms with E-state index in [2.05, 4.69) is 10.2 Å². The molecule has 0 spiro atoms. The zero-order valence-corrected chi connectivity index (χ0v) is 8.21. The smallest absolute Gasteiger partial charge is 0.132 e. The minimum Gasteiger partial charge on any atom is -0.303 e. The first-order valence-electron chi connectivity index (χ1n) is 4.38. The predicted molar refractivity (Wildman–Crippen MR) is 55.5 cm³/mol. The number of aldehydes is 1. The largest absolute Gasteiger partial charge is 0.303 e. The molecule has 2 aromatic rings. The first-order chi connectivity index (χ1) is 6.83. The Morgan fingerprint density at radius 1 is 1.50 bits per heavy atom. The van der Waals surface area contributed by atoms with Crippen molar-refractivity contribution in [1.29, 1.82) is 0 Å². The molecule has 14 heavy (non-hydrogen) atoms. The molecule has 0 saturated heterocycles. The third-order valence-electron chi connectivity index (χ3n) is 2.15. The summed E-state index contributed by atoms with van der Waals surface area (Å²) in [6, 6.07) is 5.77. The van der Waals surface area contributed by atoms with E-state index in [9.17, 15) is 4.79 Å². The number of aryl methyl sites for hydroxylation is 1. The molecule has 0 bridgehead atoms. The lowest BCUT2D eigenvalue weighted by Crippen LogP contribution is -1.86. The highest BCUT2D eigenvalue weighted by Gasteiger charge is 2.07. The molecule has 0 atom stereocenters. The number of aromatic nitrogens is 2. The molecule has 4 heteroatoms. The van der Waals surface area contributed by atoms with Crippen LogP contribution in [0.4, 0.5) is 0 Å². The van der Waals surface area contributed by atoms with Gasteiger partial charge in [-0.05, 0) is 18.1 Å². The number of benzene rings is 1. The summed E-state index contributed by atoms with van der Waals surface area (Å²) >= 11 is 5.95. The molecule has 3 nitrogen and oxygen atoms in total. The van der Waals surface area contributed by atoms with Crippen LogP contribution >= 0.6 is 11.6 Å². The van der Waals surface area contributed by atoms with Crippen LogP contribution in [0.25, 0.3) is 10.9 Å². The van der Waals surface area contributed by atoms with E-state index < -0.39 is 0 Å². The van der Waals surface area contributed by atoms with Crippen molar-refractivity contribution in [2.45, 2.75) is 12.8 Å². The molecule has 0 aliphatic rings. The number of fused-ring (bicyclic) bond motifs is 1. The van der Waals surface area contributed by atoms with Crippen molar-refractivity contribution in [2.75, 3.05) is 0 Å². The molecule has 0 aliphatic heterocycles. The minimum absolute atomic E-state index is 0.515. The van der Waals surface area contributed by atoms with Crippen LogP contribution in [0.3, 0.4) is 0 Å². The molecule has 1 aromatic heterocycles. The van der Waals surface area contributed by atoms with E-state index in [1.54, 1.807) is 0 Å². The van der Waals surface area contributed by atoms with Crippen molar-refractivity contribution in [3.8, 4) is 0 Å². The van der Waals surface area contributed by atoms with E-state index in [1.807, 2.05) is 18.2 Å². The van der Waals surface area contributed by atoms with Crippen LogP contribution in [0.15, 0.2) is 18.2 Å². The van der Waals surface area contributed by atoms with Crippen molar-refractivity contribution >= 4 is 28.8 Å². The van der Waals surface area contributed by atoms with Crippen molar-refractivity contribution in [3.63, 3.8) is 0 Å². The van der Waals surface area contributed by atoms with Gasteiger partial charge in [0.1, 0.15) is 11.4 Å². The van der Waals surface area contributed by atoms with E-state index in [-0.39, 0.29) is 0 Å². The van der Waals surface area contributed by atoms with E-state index >= 15 is 0 Å². The fraction of sp³-hybridized carbons (Fsp3) is 0.200. The zero-order valence-electron chi connectivity index (χ0n) is 7.46. The van der Waals surface area contributed by atoms with Crippen molar-refractivity contribution < 1.29 is 4.79 Å². The second-order valence-corrected chi connectivity index (χ2v) is 3.43. The molecule has 0 aliphatic carbocycles. The van der Waals surface area contributed by atoms with Gasteiger partial charge in [-0.15, -0.1) is 0 Å². The number of halogens is 1. The Morgan fingerprint density at radius 3 is 3.14 bits per heavy atom. The fourth-order valence-electron chi connectivity index (χ4n) is 1.52. The highest BCUT2D eigenvalue weighted by molar-refractivity contribution is 6.34. The molecule has 1 N–H and O–H groups in total. The molecule has 0 radical (unpaired) electrons. The van der Waals surface area contributed by atoms with Gasteiger partial charge in [0.25, 0.3) is 0 Å². The number of carbonyl (C=O) groups is 1. The average Bonchev–Trinajstić information content (AvgIpc) is 2.58. The van der Waals surface area contributed by atoms with E-state index in [4.69, 9.17) is 11.6 Å². The summed E-state index contributed by atoms with van der Waals surface area (Å²) in [7, 11) is 0. The highest BCUT2D eigenvalue weighted by Crippen LogP contribution is 2.24. The fourth-order valence-corrected chi connectivity index (χ4v) is 1.78. The van der Waals surface area contributed by atoms with Crippen LogP contribution in [0.5, 0.6) is 0 Å². The SMILES string of the molecule is O=CCCc1cccc2n[nH]c(Cl)c12. The standard InChI is InChI=1S/C10H9ClN2O/c11-10-9-7(4-2-6-14)3-1-5-8(9)12-13-10/h1,3,5-6H,2,4H2,(H,12,13). The Kier molecular flexibility index (Phi) is 2.50. The van der Waals surface area contributed by atoms with Crippen molar-refractivity contribution in [2.24, 2.45) is 0 Å². The third kappa shape index (κ3) is 1.51. The Balaban J connectivity index is 2.51. The number of hydrogen-bond donors (Lipinski definition) is 1. The first kappa shape index (κ1) is 9.21. The van der Waals surface area contributed by atoms with E-state index in [0.717, 1.165) is 22.8 Å². The Labute approximate surface area is 86.1 Å². The molecule has 72 valence electrons. The Bertz CT molecular complexity index is 464. The van der Waals surface area contributed by atoms with Crippen LogP contribution in [0, 0.1) is 0 Å². The van der Waals surface area contributed by atoms with Gasteiger partial charge in [0.15, 0.2) is 0 Å². The maximum atomic E-state index is 10.3. The van der Waals surface area contributed by atoms with Crippen LogP contribution in [0.1, 0.15) is 12.0 Å². The van der Waals surface area contributed by atoms with Gasteiger partial charge in [-0.25, -0.2) is 0 Å². The summed E-state index contributed by atoms with van der Waals surface area (Å²) in [6.45, 7) is 0. The number of nitrogens with one attached hydrogen (secondary N) is 1. The minimum atomic E-state index is 0.515. The third-order valence-corrected chi connectivity index (χ3v) is 2.43. The van der Waals surface area contributed by atoms with Crippen LogP contribution < -0.4 is 0 Å². The average molecular weight is 209 g/mol. The summed E-state index contributed by atoms with van der Waals surface area (Å²) in [4.78, 5) is 10.3. The normalized spacial score (nSPS) is 10.6. The van der Waals surface area contributed by atoms with Gasteiger partial charge in [0.2, 0.25) is 0 Å². The van der Waals surface area contributed by atoms with Gasteiger partial charge in [-0.1, -0.05) is 23.7 Å². The molecule has 0 fully saturated rings. The maximum absolute atomic E-state index is 10.3. The van der Waals surface area contributed by atoms with Gasteiger partial charge in [0.05, 0.1) is 5.52 Å². The second kappa shape index (κ2) is 3.80. The van der Waals surface area contributed by atoms with Crippen LogP contribution in [-0.4, -0.2) is 16.5 Å².